The fourth-order valence-electron chi connectivity index (χ4n) is 4.22. The second-order valence-corrected chi connectivity index (χ2v) is 11.3. The molecular formula is C29H27NOP+. The molecule has 2 nitrogen and oxygen atoms in total. The van der Waals surface area contributed by atoms with Crippen LogP contribution >= 0.6 is 7.26 Å². The minimum absolute atomic E-state index is 0.0164. The number of hydrogen-bond acceptors (Lipinski definition) is 1. The van der Waals surface area contributed by atoms with Crippen LogP contribution in [0.25, 0.3) is 0 Å². The quantitative estimate of drug-likeness (QED) is 0.360. The van der Waals surface area contributed by atoms with Gasteiger partial charge in [0, 0.05) is 18.8 Å². The van der Waals surface area contributed by atoms with Crippen LogP contribution in [-0.2, 0) is 0 Å². The van der Waals surface area contributed by atoms with Crippen LogP contribution in [0.15, 0.2) is 133 Å². The van der Waals surface area contributed by atoms with Crippen molar-refractivity contribution in [2.45, 2.75) is 6.92 Å². The predicted octanol–water partition coefficient (Wildman–Crippen LogP) is 5.61. The van der Waals surface area contributed by atoms with E-state index in [-0.39, 0.29) is 5.91 Å². The van der Waals surface area contributed by atoms with Crippen molar-refractivity contribution in [1.82, 2.24) is 4.90 Å². The Morgan fingerprint density at radius 2 is 0.969 bits per heavy atom. The topological polar surface area (TPSA) is 20.3 Å². The van der Waals surface area contributed by atoms with E-state index < -0.39 is 7.26 Å². The zero-order valence-electron chi connectivity index (χ0n) is 18.4. The van der Waals surface area contributed by atoms with Gasteiger partial charge in [-0.1, -0.05) is 72.8 Å². The lowest BCUT2D eigenvalue weighted by Crippen LogP contribution is -2.33. The maximum Gasteiger partial charge on any atom is 0.257 e. The Morgan fingerprint density at radius 1 is 0.625 bits per heavy atom. The summed E-state index contributed by atoms with van der Waals surface area (Å²) >= 11 is 0. The number of carbonyl (C=O) groups excluding carboxylic acids is 1. The fraction of sp³-hybridized carbons (Fsp3) is 0.0690. The largest absolute Gasteiger partial charge is 0.314 e. The Morgan fingerprint density at radius 3 is 1.34 bits per heavy atom. The first kappa shape index (κ1) is 21.7. The third kappa shape index (κ3) is 4.15. The first-order valence-electron chi connectivity index (χ1n) is 10.7. The molecule has 158 valence electrons. The van der Waals surface area contributed by atoms with Gasteiger partial charge in [0.25, 0.3) is 5.91 Å². The van der Waals surface area contributed by atoms with Crippen molar-refractivity contribution in [3.8, 4) is 0 Å². The number of nitrogens with zero attached hydrogens (tertiary/aromatic N) is 1. The third-order valence-electron chi connectivity index (χ3n) is 5.68. The number of amides is 1. The highest BCUT2D eigenvalue weighted by molar-refractivity contribution is 7.99. The van der Waals surface area contributed by atoms with Crippen LogP contribution in [-0.4, -0.2) is 17.9 Å². The molecule has 0 unspecified atom stereocenters. The second kappa shape index (κ2) is 9.77. The zero-order chi connectivity index (χ0) is 22.4. The molecule has 0 heterocycles. The summed E-state index contributed by atoms with van der Waals surface area (Å²) in [5.74, 6) is -0.0164. The van der Waals surface area contributed by atoms with Gasteiger partial charge >= 0.3 is 0 Å². The normalized spacial score (nSPS) is 11.8. The molecule has 1 amide bonds. The van der Waals surface area contributed by atoms with E-state index in [9.17, 15) is 4.79 Å². The Labute approximate surface area is 191 Å². The molecule has 0 aliphatic rings. The zero-order valence-corrected chi connectivity index (χ0v) is 19.3. The first-order valence-corrected chi connectivity index (χ1v) is 12.5. The molecule has 0 saturated carbocycles. The summed E-state index contributed by atoms with van der Waals surface area (Å²) in [6.07, 6.45) is 2.02. The Balaban J connectivity index is 1.93. The van der Waals surface area contributed by atoms with Crippen molar-refractivity contribution in [2.75, 3.05) is 7.05 Å². The highest BCUT2D eigenvalue weighted by Crippen LogP contribution is 2.62. The summed E-state index contributed by atoms with van der Waals surface area (Å²) in [4.78, 5) is 14.8. The van der Waals surface area contributed by atoms with Gasteiger partial charge in [-0.25, -0.2) is 0 Å². The molecule has 0 fully saturated rings. The molecule has 32 heavy (non-hydrogen) atoms. The van der Waals surface area contributed by atoms with Gasteiger partial charge in [-0.05, 0) is 55.5 Å². The standard InChI is InChI=1S/C29H27NOP/c1-24(23-30(2)29(31)25-15-7-3-8-16-25)32(26-17-9-4-10-18-26,27-19-11-5-12-20-27)28-21-13-6-14-22-28/h3-23H,1-2H3/q+1/b24-23+. The SMILES string of the molecule is C/C(=C\N(C)C(=O)c1ccccc1)[P+](c1ccccc1)(c1ccccc1)c1ccccc1. The second-order valence-electron chi connectivity index (χ2n) is 7.73. The maximum atomic E-state index is 13.1. The highest BCUT2D eigenvalue weighted by Gasteiger charge is 2.47. The molecule has 3 heteroatoms. The molecule has 0 spiro atoms. The first-order chi connectivity index (χ1) is 15.6. The van der Waals surface area contributed by atoms with E-state index in [1.807, 2.05) is 43.6 Å². The molecule has 0 aromatic heterocycles. The number of rotatable bonds is 6. The third-order valence-corrected chi connectivity index (χ3v) is 10.1. The van der Waals surface area contributed by atoms with Gasteiger partial charge < -0.3 is 4.90 Å². The lowest BCUT2D eigenvalue weighted by molar-refractivity contribution is 0.0849. The van der Waals surface area contributed by atoms with Crippen molar-refractivity contribution in [3.63, 3.8) is 0 Å². The minimum Gasteiger partial charge on any atom is -0.314 e. The van der Waals surface area contributed by atoms with E-state index in [0.717, 1.165) is 0 Å². The maximum absolute atomic E-state index is 13.1. The van der Waals surface area contributed by atoms with Crippen LogP contribution in [0.5, 0.6) is 0 Å². The number of hydrogen-bond donors (Lipinski definition) is 0. The van der Waals surface area contributed by atoms with E-state index in [1.165, 1.54) is 21.2 Å². The molecule has 0 radical (unpaired) electrons. The van der Waals surface area contributed by atoms with Crippen LogP contribution in [0.3, 0.4) is 0 Å². The highest BCUT2D eigenvalue weighted by atomic mass is 31.2. The lowest BCUT2D eigenvalue weighted by atomic mass is 10.2. The Kier molecular flexibility index (Phi) is 6.63. The Hall–Kier alpha value is -3.48. The lowest BCUT2D eigenvalue weighted by Gasteiger charge is -2.29. The van der Waals surface area contributed by atoms with Gasteiger partial charge in [0.1, 0.15) is 28.5 Å². The molecule has 0 N–H and O–H groups in total. The smallest absolute Gasteiger partial charge is 0.257 e. The molecule has 4 aromatic carbocycles. The van der Waals surface area contributed by atoms with Gasteiger partial charge in [-0.15, -0.1) is 0 Å². The van der Waals surface area contributed by atoms with E-state index in [0.29, 0.717) is 5.56 Å². The van der Waals surface area contributed by atoms with E-state index in [4.69, 9.17) is 0 Å². The summed E-state index contributed by atoms with van der Waals surface area (Å²) in [5, 5.41) is 4.98. The van der Waals surface area contributed by atoms with Gasteiger partial charge in [0.05, 0.1) is 0 Å². The molecule has 0 aliphatic carbocycles. The summed E-state index contributed by atoms with van der Waals surface area (Å²) in [6, 6.07) is 41.5. The predicted molar refractivity (Wildman–Crippen MR) is 137 cm³/mol. The summed E-state index contributed by atoms with van der Waals surface area (Å²) < 4.78 is 0. The van der Waals surface area contributed by atoms with E-state index in [1.54, 1.807) is 4.90 Å². The van der Waals surface area contributed by atoms with Crippen molar-refractivity contribution < 1.29 is 4.79 Å². The summed E-state index contributed by atoms with van der Waals surface area (Å²) in [6.45, 7) is 2.16. The summed E-state index contributed by atoms with van der Waals surface area (Å²) in [5.41, 5.74) is 0.683. The minimum atomic E-state index is -2.16. The van der Waals surface area contributed by atoms with E-state index >= 15 is 0 Å². The number of carbonyl (C=O) groups is 1. The van der Waals surface area contributed by atoms with Crippen molar-refractivity contribution >= 4 is 29.1 Å². The molecule has 4 rings (SSSR count). The fourth-order valence-corrected chi connectivity index (χ4v) is 8.54. The molecule has 0 saturated heterocycles. The molecule has 0 atom stereocenters. The van der Waals surface area contributed by atoms with Crippen LogP contribution in [0.1, 0.15) is 17.3 Å². The molecular weight excluding hydrogens is 409 g/mol. The van der Waals surface area contributed by atoms with Crippen molar-refractivity contribution in [3.05, 3.63) is 138 Å². The molecule has 0 aliphatic heterocycles. The van der Waals surface area contributed by atoms with Gasteiger partial charge in [-0.2, -0.15) is 0 Å². The number of allylic oxidation sites excluding steroid dienone is 1. The van der Waals surface area contributed by atoms with Crippen molar-refractivity contribution in [2.24, 2.45) is 0 Å². The van der Waals surface area contributed by atoms with E-state index in [2.05, 4.69) is 97.9 Å². The van der Waals surface area contributed by atoms with Gasteiger partial charge in [-0.3, -0.25) is 4.79 Å². The van der Waals surface area contributed by atoms with Gasteiger partial charge in [0.15, 0.2) is 0 Å². The van der Waals surface area contributed by atoms with Gasteiger partial charge in [0.2, 0.25) is 0 Å². The van der Waals surface area contributed by atoms with Crippen LogP contribution in [0, 0.1) is 0 Å². The summed E-state index contributed by atoms with van der Waals surface area (Å²) in [7, 11) is -0.320. The monoisotopic (exact) mass is 436 g/mol. The Bertz CT molecular complexity index is 1090. The average molecular weight is 437 g/mol. The molecule has 4 aromatic rings. The van der Waals surface area contributed by atoms with Crippen LogP contribution in [0.4, 0.5) is 0 Å². The van der Waals surface area contributed by atoms with Crippen molar-refractivity contribution in [1.29, 1.82) is 0 Å². The average Bonchev–Trinajstić information content (AvgIpc) is 2.86. The molecule has 0 bridgehead atoms. The van der Waals surface area contributed by atoms with Crippen LogP contribution < -0.4 is 15.9 Å². The van der Waals surface area contributed by atoms with Crippen LogP contribution in [0.2, 0.25) is 0 Å². The number of benzene rings is 4.